The first-order valence-corrected chi connectivity index (χ1v) is 5.01. The first-order chi connectivity index (χ1) is 5.68. The van der Waals surface area contributed by atoms with Gasteiger partial charge in [-0.3, -0.25) is 0 Å². The first-order valence-electron chi connectivity index (χ1n) is 3.93. The molecule has 0 fully saturated rings. The van der Waals surface area contributed by atoms with Crippen molar-refractivity contribution in [3.63, 3.8) is 0 Å². The fourth-order valence-corrected chi connectivity index (χ4v) is 2.07. The lowest BCUT2D eigenvalue weighted by Gasteiger charge is -1.96. The predicted molar refractivity (Wildman–Crippen MR) is 60.5 cm³/mol. The smallest absolute Gasteiger partial charge is 0.0594 e. The van der Waals surface area contributed by atoms with Crippen molar-refractivity contribution in [2.24, 2.45) is 0 Å². The highest BCUT2D eigenvalue weighted by atomic mass is 127. The normalized spacial score (nSPS) is 10.9. The van der Waals surface area contributed by atoms with Gasteiger partial charge in [-0.1, -0.05) is 6.07 Å². The van der Waals surface area contributed by atoms with Gasteiger partial charge in [0, 0.05) is 14.7 Å². The Morgan fingerprint density at radius 3 is 2.67 bits per heavy atom. The largest absolute Gasteiger partial charge is 0.358 e. The summed E-state index contributed by atoms with van der Waals surface area (Å²) in [5.74, 6) is 0. The molecule has 0 aliphatic heterocycles. The highest BCUT2D eigenvalue weighted by molar-refractivity contribution is 14.1. The number of aromatic amines is 1. The fraction of sp³-hybridized carbons (Fsp3) is 0.200. The van der Waals surface area contributed by atoms with Gasteiger partial charge < -0.3 is 4.98 Å². The molecule has 0 saturated heterocycles. The maximum atomic E-state index is 3.36. The lowest BCUT2D eigenvalue weighted by molar-refractivity contribution is 1.30. The van der Waals surface area contributed by atoms with Crippen LogP contribution in [0.1, 0.15) is 11.3 Å². The van der Waals surface area contributed by atoms with E-state index < -0.39 is 0 Å². The number of H-pyrrole nitrogens is 1. The van der Waals surface area contributed by atoms with Gasteiger partial charge in [-0.2, -0.15) is 0 Å². The van der Waals surface area contributed by atoms with E-state index in [0.717, 1.165) is 0 Å². The molecule has 0 spiro atoms. The molecule has 2 rings (SSSR count). The Labute approximate surface area is 85.3 Å². The third kappa shape index (κ3) is 1.14. The molecule has 0 amide bonds. The van der Waals surface area contributed by atoms with Gasteiger partial charge in [0.1, 0.15) is 0 Å². The molecule has 62 valence electrons. The number of nitrogens with one attached hydrogen (secondary N) is 1. The molecule has 2 heteroatoms. The minimum atomic E-state index is 1.23. The molecule has 0 bridgehead atoms. The van der Waals surface area contributed by atoms with Gasteiger partial charge in [-0.25, -0.2) is 0 Å². The molecule has 12 heavy (non-hydrogen) atoms. The average molecular weight is 271 g/mol. The zero-order valence-corrected chi connectivity index (χ0v) is 9.27. The number of hydrogen-bond acceptors (Lipinski definition) is 0. The van der Waals surface area contributed by atoms with Gasteiger partial charge in [-0.15, -0.1) is 0 Å². The monoisotopic (exact) mass is 271 g/mol. The number of rotatable bonds is 0. The van der Waals surface area contributed by atoms with Crippen LogP contribution >= 0.6 is 22.6 Å². The third-order valence-corrected chi connectivity index (χ3v) is 2.99. The van der Waals surface area contributed by atoms with Crippen LogP contribution in [0.3, 0.4) is 0 Å². The van der Waals surface area contributed by atoms with Crippen LogP contribution in [0.4, 0.5) is 0 Å². The first kappa shape index (κ1) is 8.10. The Balaban J connectivity index is 2.93. The van der Waals surface area contributed by atoms with E-state index in [0.29, 0.717) is 0 Å². The van der Waals surface area contributed by atoms with E-state index in [1.165, 1.54) is 25.7 Å². The number of halogens is 1. The van der Waals surface area contributed by atoms with Crippen molar-refractivity contribution in [2.75, 3.05) is 0 Å². The minimum absolute atomic E-state index is 1.23. The van der Waals surface area contributed by atoms with Gasteiger partial charge in [0.05, 0.1) is 5.52 Å². The Morgan fingerprint density at radius 2 is 2.00 bits per heavy atom. The number of aromatic nitrogens is 1. The van der Waals surface area contributed by atoms with E-state index in [2.05, 4.69) is 59.6 Å². The summed E-state index contributed by atoms with van der Waals surface area (Å²) in [6.45, 7) is 4.24. The second kappa shape index (κ2) is 2.76. The zero-order valence-electron chi connectivity index (χ0n) is 7.11. The number of aryl methyl sites for hydroxylation is 2. The lowest BCUT2D eigenvalue weighted by Crippen LogP contribution is -1.78. The summed E-state index contributed by atoms with van der Waals surface area (Å²) in [6, 6.07) is 6.51. The summed E-state index contributed by atoms with van der Waals surface area (Å²) in [4.78, 5) is 3.36. The van der Waals surface area contributed by atoms with Gasteiger partial charge in [0.2, 0.25) is 0 Å². The van der Waals surface area contributed by atoms with Crippen molar-refractivity contribution in [2.45, 2.75) is 13.8 Å². The Kier molecular flexibility index (Phi) is 1.87. The van der Waals surface area contributed by atoms with E-state index in [4.69, 9.17) is 0 Å². The maximum Gasteiger partial charge on any atom is 0.0594 e. The second-order valence-electron chi connectivity index (χ2n) is 3.11. The Morgan fingerprint density at radius 1 is 1.25 bits per heavy atom. The van der Waals surface area contributed by atoms with Crippen LogP contribution in [0.5, 0.6) is 0 Å². The highest BCUT2D eigenvalue weighted by Gasteiger charge is 2.03. The van der Waals surface area contributed by atoms with Crippen LogP contribution in [-0.4, -0.2) is 4.98 Å². The van der Waals surface area contributed by atoms with Gasteiger partial charge in [-0.05, 0) is 54.1 Å². The van der Waals surface area contributed by atoms with E-state index in [1.54, 1.807) is 0 Å². The molecule has 2 aromatic rings. The minimum Gasteiger partial charge on any atom is -0.358 e. The summed E-state index contributed by atoms with van der Waals surface area (Å²) in [7, 11) is 0. The topological polar surface area (TPSA) is 15.8 Å². The molecule has 0 atom stereocenters. The van der Waals surface area contributed by atoms with Crippen LogP contribution in [0.15, 0.2) is 18.2 Å². The summed E-state index contributed by atoms with van der Waals surface area (Å²) in [5.41, 5.74) is 3.85. The fourth-order valence-electron chi connectivity index (χ4n) is 1.46. The van der Waals surface area contributed by atoms with Gasteiger partial charge in [0.15, 0.2) is 0 Å². The van der Waals surface area contributed by atoms with Crippen molar-refractivity contribution < 1.29 is 0 Å². The van der Waals surface area contributed by atoms with Crippen molar-refractivity contribution in [3.8, 4) is 0 Å². The zero-order chi connectivity index (χ0) is 8.72. The highest BCUT2D eigenvalue weighted by Crippen LogP contribution is 2.23. The molecular formula is C10H10IN. The quantitative estimate of drug-likeness (QED) is 0.707. The van der Waals surface area contributed by atoms with E-state index in [9.17, 15) is 0 Å². The molecule has 1 aromatic carbocycles. The van der Waals surface area contributed by atoms with E-state index >= 15 is 0 Å². The average Bonchev–Trinajstić information content (AvgIpc) is 2.41. The van der Waals surface area contributed by atoms with E-state index in [-0.39, 0.29) is 0 Å². The molecule has 1 heterocycles. The Hall–Kier alpha value is -0.510. The second-order valence-corrected chi connectivity index (χ2v) is 4.27. The SMILES string of the molecule is Cc1cc2c(C)ccc(I)c2[nH]1. The summed E-state index contributed by atoms with van der Waals surface area (Å²) < 4.78 is 1.29. The molecule has 1 aromatic heterocycles. The van der Waals surface area contributed by atoms with Crippen molar-refractivity contribution in [1.82, 2.24) is 4.98 Å². The van der Waals surface area contributed by atoms with Crippen LogP contribution in [0.2, 0.25) is 0 Å². The number of hydrogen-bond donors (Lipinski definition) is 1. The van der Waals surface area contributed by atoms with Crippen molar-refractivity contribution >= 4 is 33.5 Å². The van der Waals surface area contributed by atoms with Gasteiger partial charge >= 0.3 is 0 Å². The molecule has 1 nitrogen and oxygen atoms in total. The van der Waals surface area contributed by atoms with Gasteiger partial charge in [0.25, 0.3) is 0 Å². The van der Waals surface area contributed by atoms with Crippen molar-refractivity contribution in [1.29, 1.82) is 0 Å². The molecule has 0 aliphatic rings. The van der Waals surface area contributed by atoms with Crippen molar-refractivity contribution in [3.05, 3.63) is 33.0 Å². The number of fused-ring (bicyclic) bond motifs is 1. The standard InChI is InChI=1S/C10H10IN/c1-6-3-4-9(11)10-8(6)5-7(2)12-10/h3-5,12H,1-2H3. The predicted octanol–water partition coefficient (Wildman–Crippen LogP) is 3.39. The lowest BCUT2D eigenvalue weighted by atomic mass is 10.1. The summed E-state index contributed by atoms with van der Waals surface area (Å²) >= 11 is 2.36. The molecule has 0 saturated carbocycles. The summed E-state index contributed by atoms with van der Waals surface area (Å²) in [5, 5.41) is 1.35. The van der Waals surface area contributed by atoms with Crippen LogP contribution in [-0.2, 0) is 0 Å². The number of benzene rings is 1. The molecule has 0 aliphatic carbocycles. The van der Waals surface area contributed by atoms with E-state index in [1.807, 2.05) is 0 Å². The molecule has 0 unspecified atom stereocenters. The maximum absolute atomic E-state index is 3.36. The molecule has 0 radical (unpaired) electrons. The van der Waals surface area contributed by atoms with Crippen LogP contribution < -0.4 is 0 Å². The van der Waals surface area contributed by atoms with Crippen LogP contribution in [0.25, 0.3) is 10.9 Å². The summed E-state index contributed by atoms with van der Waals surface area (Å²) in [6.07, 6.45) is 0. The third-order valence-electron chi connectivity index (χ3n) is 2.10. The molecular weight excluding hydrogens is 261 g/mol. The van der Waals surface area contributed by atoms with Crippen LogP contribution in [0, 0.1) is 17.4 Å². The molecule has 1 N–H and O–H groups in total. The Bertz CT molecular complexity index is 390.